The molecule has 1 heterocycles. The Morgan fingerprint density at radius 3 is 2.38 bits per heavy atom. The van der Waals surface area contributed by atoms with Crippen LogP contribution in [0.1, 0.15) is 12.8 Å². The van der Waals surface area contributed by atoms with Crippen molar-refractivity contribution >= 4 is 12.4 Å². The second-order valence-corrected chi connectivity index (χ2v) is 2.27. The topological polar surface area (TPSA) is 24.7 Å². The van der Waals surface area contributed by atoms with E-state index in [0.717, 1.165) is 6.42 Å². The highest BCUT2D eigenvalue weighted by Gasteiger charge is 2.36. The molecule has 1 fully saturated rings. The molecule has 0 aromatic carbocycles. The summed E-state index contributed by atoms with van der Waals surface area (Å²) >= 11 is 0. The van der Waals surface area contributed by atoms with E-state index in [-0.39, 0.29) is 0 Å². The van der Waals surface area contributed by atoms with E-state index in [2.05, 4.69) is 9.98 Å². The third kappa shape index (κ3) is 0.565. The summed E-state index contributed by atoms with van der Waals surface area (Å²) in [5, 5.41) is 0. The Morgan fingerprint density at radius 1 is 1.12 bits per heavy atom. The van der Waals surface area contributed by atoms with E-state index in [1.807, 2.05) is 12.4 Å². The minimum absolute atomic E-state index is 0.564. The Bertz CT molecular complexity index is 133. The van der Waals surface area contributed by atoms with Crippen LogP contribution in [0.15, 0.2) is 9.98 Å². The smallest absolute Gasteiger partial charge is 0.0740 e. The Morgan fingerprint density at radius 2 is 1.75 bits per heavy atom. The predicted molar refractivity (Wildman–Crippen MR) is 33.8 cm³/mol. The second-order valence-electron chi connectivity index (χ2n) is 2.27. The second kappa shape index (κ2) is 1.41. The molecule has 0 aromatic heterocycles. The first-order valence-corrected chi connectivity index (χ1v) is 3.00. The highest BCUT2D eigenvalue weighted by molar-refractivity contribution is 5.80. The summed E-state index contributed by atoms with van der Waals surface area (Å²) in [7, 11) is 0. The van der Waals surface area contributed by atoms with Crippen LogP contribution in [-0.4, -0.2) is 24.5 Å². The van der Waals surface area contributed by atoms with Gasteiger partial charge in [0.25, 0.3) is 0 Å². The van der Waals surface area contributed by atoms with E-state index in [4.69, 9.17) is 0 Å². The highest BCUT2D eigenvalue weighted by Crippen LogP contribution is 2.29. The number of nitrogens with zero attached hydrogens (tertiary/aromatic N) is 2. The standard InChI is InChI=1S/C6H8N2/c1-2-7-5-4-6(5)8-3-1/h2-3,5-6H,1,4H2. The van der Waals surface area contributed by atoms with Gasteiger partial charge >= 0.3 is 0 Å². The lowest BCUT2D eigenvalue weighted by Crippen LogP contribution is -1.81. The van der Waals surface area contributed by atoms with Gasteiger partial charge in [0.1, 0.15) is 0 Å². The molecule has 2 rings (SSSR count). The largest absolute Gasteiger partial charge is 0.292 e. The quantitative estimate of drug-likeness (QED) is 0.436. The monoisotopic (exact) mass is 108 g/mol. The van der Waals surface area contributed by atoms with Crippen LogP contribution in [0, 0.1) is 0 Å². The SMILES string of the molecule is C1=NC2CC2N=CC1. The van der Waals surface area contributed by atoms with Gasteiger partial charge < -0.3 is 0 Å². The van der Waals surface area contributed by atoms with Crippen molar-refractivity contribution in [3.63, 3.8) is 0 Å². The molecule has 2 heteroatoms. The summed E-state index contributed by atoms with van der Waals surface area (Å²) in [6.07, 6.45) is 6.04. The summed E-state index contributed by atoms with van der Waals surface area (Å²) in [6, 6.07) is 1.13. The molecule has 0 aromatic rings. The average Bonchev–Trinajstić information content (AvgIpc) is 2.36. The molecule has 0 N–H and O–H groups in total. The number of hydrogen-bond donors (Lipinski definition) is 0. The number of fused-ring (bicyclic) bond motifs is 1. The lowest BCUT2D eigenvalue weighted by Gasteiger charge is -1.76. The van der Waals surface area contributed by atoms with E-state index in [9.17, 15) is 0 Å². The van der Waals surface area contributed by atoms with E-state index >= 15 is 0 Å². The Balaban J connectivity index is 2.17. The minimum Gasteiger partial charge on any atom is -0.292 e. The third-order valence-corrected chi connectivity index (χ3v) is 1.53. The van der Waals surface area contributed by atoms with Gasteiger partial charge in [-0.25, -0.2) is 0 Å². The van der Waals surface area contributed by atoms with Crippen molar-refractivity contribution < 1.29 is 0 Å². The first-order valence-electron chi connectivity index (χ1n) is 3.00. The zero-order valence-corrected chi connectivity index (χ0v) is 4.62. The number of aliphatic imine (C=N–C) groups is 2. The fraction of sp³-hybridized carbons (Fsp3) is 0.667. The van der Waals surface area contributed by atoms with Crippen LogP contribution in [0.5, 0.6) is 0 Å². The van der Waals surface area contributed by atoms with Crippen molar-refractivity contribution in [1.29, 1.82) is 0 Å². The van der Waals surface area contributed by atoms with Gasteiger partial charge in [-0.2, -0.15) is 0 Å². The van der Waals surface area contributed by atoms with E-state index in [1.165, 1.54) is 6.42 Å². The molecule has 0 spiro atoms. The average molecular weight is 108 g/mol. The predicted octanol–water partition coefficient (Wildman–Crippen LogP) is 0.673. The first-order chi connectivity index (χ1) is 3.97. The molecule has 2 nitrogen and oxygen atoms in total. The van der Waals surface area contributed by atoms with Crippen molar-refractivity contribution in [2.75, 3.05) is 0 Å². The summed E-state index contributed by atoms with van der Waals surface area (Å²) in [6.45, 7) is 0. The molecule has 2 aliphatic rings. The van der Waals surface area contributed by atoms with Gasteiger partial charge in [0, 0.05) is 18.9 Å². The van der Waals surface area contributed by atoms with Crippen molar-refractivity contribution in [3.8, 4) is 0 Å². The van der Waals surface area contributed by atoms with Gasteiger partial charge in [0.05, 0.1) is 12.1 Å². The zero-order chi connectivity index (χ0) is 5.40. The van der Waals surface area contributed by atoms with Crippen LogP contribution in [0.4, 0.5) is 0 Å². The molecule has 8 heavy (non-hydrogen) atoms. The number of hydrogen-bond acceptors (Lipinski definition) is 2. The molecular formula is C6H8N2. The lowest BCUT2D eigenvalue weighted by atomic mass is 10.5. The molecule has 0 amide bonds. The normalized spacial score (nSPS) is 41.0. The summed E-state index contributed by atoms with van der Waals surface area (Å²) in [5.41, 5.74) is 0. The summed E-state index contributed by atoms with van der Waals surface area (Å²) in [4.78, 5) is 8.50. The van der Waals surface area contributed by atoms with E-state index < -0.39 is 0 Å². The van der Waals surface area contributed by atoms with Gasteiger partial charge in [0.2, 0.25) is 0 Å². The Kier molecular flexibility index (Phi) is 0.745. The Labute approximate surface area is 48.3 Å². The molecule has 0 bridgehead atoms. The van der Waals surface area contributed by atoms with Crippen molar-refractivity contribution in [2.24, 2.45) is 9.98 Å². The van der Waals surface area contributed by atoms with Gasteiger partial charge in [-0.3, -0.25) is 9.98 Å². The van der Waals surface area contributed by atoms with Crippen LogP contribution < -0.4 is 0 Å². The molecule has 2 unspecified atom stereocenters. The van der Waals surface area contributed by atoms with Crippen molar-refractivity contribution in [3.05, 3.63) is 0 Å². The van der Waals surface area contributed by atoms with Crippen LogP contribution in [-0.2, 0) is 0 Å². The van der Waals surface area contributed by atoms with Gasteiger partial charge in [-0.05, 0) is 6.42 Å². The van der Waals surface area contributed by atoms with Gasteiger partial charge in [0.15, 0.2) is 0 Å². The van der Waals surface area contributed by atoms with Gasteiger partial charge in [-0.1, -0.05) is 0 Å². The molecule has 42 valence electrons. The zero-order valence-electron chi connectivity index (χ0n) is 4.62. The van der Waals surface area contributed by atoms with Crippen LogP contribution in [0.2, 0.25) is 0 Å². The van der Waals surface area contributed by atoms with Crippen molar-refractivity contribution in [1.82, 2.24) is 0 Å². The number of rotatable bonds is 0. The van der Waals surface area contributed by atoms with E-state index in [0.29, 0.717) is 12.1 Å². The maximum Gasteiger partial charge on any atom is 0.0740 e. The highest BCUT2D eigenvalue weighted by atomic mass is 15.0. The van der Waals surface area contributed by atoms with Crippen LogP contribution in [0.3, 0.4) is 0 Å². The molecular weight excluding hydrogens is 100 g/mol. The van der Waals surface area contributed by atoms with Gasteiger partial charge in [-0.15, -0.1) is 0 Å². The molecule has 0 radical (unpaired) electrons. The first kappa shape index (κ1) is 4.24. The summed E-state index contributed by atoms with van der Waals surface area (Å²) < 4.78 is 0. The molecule has 1 aliphatic heterocycles. The van der Waals surface area contributed by atoms with E-state index in [1.54, 1.807) is 0 Å². The third-order valence-electron chi connectivity index (χ3n) is 1.53. The van der Waals surface area contributed by atoms with Crippen LogP contribution in [0.25, 0.3) is 0 Å². The maximum absolute atomic E-state index is 4.25. The molecule has 1 aliphatic carbocycles. The lowest BCUT2D eigenvalue weighted by molar-refractivity contribution is 0.978. The minimum atomic E-state index is 0.564. The molecule has 2 atom stereocenters. The fourth-order valence-corrected chi connectivity index (χ4v) is 0.929. The fourth-order valence-electron chi connectivity index (χ4n) is 0.929. The molecule has 0 saturated heterocycles. The van der Waals surface area contributed by atoms with Crippen LogP contribution >= 0.6 is 0 Å². The summed E-state index contributed by atoms with van der Waals surface area (Å²) in [5.74, 6) is 0. The molecule has 1 saturated carbocycles. The van der Waals surface area contributed by atoms with Crippen molar-refractivity contribution in [2.45, 2.75) is 24.9 Å². The maximum atomic E-state index is 4.25. The Hall–Kier alpha value is -0.660.